The molecular weight excluding hydrogens is 252 g/mol. The minimum absolute atomic E-state index is 0.0205. The number of ketones is 1. The number of hydrogen-bond acceptors (Lipinski definition) is 3. The molecule has 0 saturated heterocycles. The zero-order chi connectivity index (χ0) is 14.1. The molecule has 0 amide bonds. The number of nitrogens with zero attached hydrogens (tertiary/aromatic N) is 1. The fourth-order valence-electron chi connectivity index (χ4n) is 2.17. The van der Waals surface area contributed by atoms with Crippen LogP contribution in [-0.2, 0) is 0 Å². The number of nitrogens with one attached hydrogen (secondary N) is 1. The summed E-state index contributed by atoms with van der Waals surface area (Å²) < 4.78 is 0. The number of hydrogen-bond donors (Lipinski definition) is 1. The van der Waals surface area contributed by atoms with Crippen molar-refractivity contribution in [1.82, 2.24) is 9.97 Å². The average molecular weight is 264 g/mol. The Balaban J connectivity index is 2.20. The van der Waals surface area contributed by atoms with Gasteiger partial charge in [0.1, 0.15) is 0 Å². The largest absolute Gasteiger partial charge is 0.313 e. The molecule has 0 bridgehead atoms. The molecule has 1 aromatic heterocycles. The minimum atomic E-state index is -0.167. The van der Waals surface area contributed by atoms with E-state index in [0.29, 0.717) is 16.5 Å². The smallest absolute Gasteiger partial charge is 0.258 e. The van der Waals surface area contributed by atoms with Crippen molar-refractivity contribution in [2.24, 2.45) is 0 Å². The van der Waals surface area contributed by atoms with Crippen molar-refractivity contribution in [3.8, 4) is 11.1 Å². The molecule has 4 heteroatoms. The Morgan fingerprint density at radius 2 is 1.90 bits per heavy atom. The van der Waals surface area contributed by atoms with Crippen LogP contribution in [0, 0.1) is 0 Å². The molecule has 1 N–H and O–H groups in total. The Kier molecular flexibility index (Phi) is 2.91. The number of carbonyl (C=O) groups excluding carboxylic acids is 1. The Morgan fingerprint density at radius 3 is 2.70 bits per heavy atom. The molecule has 20 heavy (non-hydrogen) atoms. The van der Waals surface area contributed by atoms with Crippen molar-refractivity contribution in [3.05, 3.63) is 64.7 Å². The van der Waals surface area contributed by atoms with Crippen LogP contribution in [0.15, 0.2) is 53.6 Å². The van der Waals surface area contributed by atoms with Crippen LogP contribution in [0.25, 0.3) is 22.0 Å². The third-order valence-corrected chi connectivity index (χ3v) is 3.24. The quantitative estimate of drug-likeness (QED) is 0.724. The van der Waals surface area contributed by atoms with Crippen molar-refractivity contribution in [1.29, 1.82) is 0 Å². The molecule has 0 radical (unpaired) electrons. The molecule has 0 atom stereocenters. The monoisotopic (exact) mass is 264 g/mol. The lowest BCUT2D eigenvalue weighted by Gasteiger charge is -2.05. The van der Waals surface area contributed by atoms with Gasteiger partial charge in [0.25, 0.3) is 5.56 Å². The number of aromatic amines is 1. The summed E-state index contributed by atoms with van der Waals surface area (Å²) >= 11 is 0. The van der Waals surface area contributed by atoms with Crippen LogP contribution in [0.3, 0.4) is 0 Å². The molecular formula is C16H12N2O2. The molecule has 1 heterocycles. The summed E-state index contributed by atoms with van der Waals surface area (Å²) in [6.45, 7) is 1.54. The van der Waals surface area contributed by atoms with E-state index in [9.17, 15) is 9.59 Å². The number of rotatable bonds is 2. The van der Waals surface area contributed by atoms with E-state index in [-0.39, 0.29) is 11.3 Å². The second-order valence-corrected chi connectivity index (χ2v) is 4.60. The summed E-state index contributed by atoms with van der Waals surface area (Å²) in [5.41, 5.74) is 2.93. The van der Waals surface area contributed by atoms with Crippen molar-refractivity contribution < 1.29 is 4.79 Å². The van der Waals surface area contributed by atoms with Gasteiger partial charge in [0.05, 0.1) is 17.2 Å². The third kappa shape index (κ3) is 2.12. The first kappa shape index (κ1) is 12.3. The second kappa shape index (κ2) is 4.74. The molecule has 98 valence electrons. The molecule has 0 unspecified atom stereocenters. The Bertz CT molecular complexity index is 865. The standard InChI is InChI=1S/C16H12N2O2/c1-10(19)11-3-2-4-12(7-11)13-5-6-15-14(8-13)16(20)18-9-17-15/h2-9H,1H3,(H,17,18,20). The summed E-state index contributed by atoms with van der Waals surface area (Å²) in [4.78, 5) is 29.9. The van der Waals surface area contributed by atoms with Crippen LogP contribution < -0.4 is 5.56 Å². The van der Waals surface area contributed by atoms with Crippen LogP contribution in [0.5, 0.6) is 0 Å². The number of fused-ring (bicyclic) bond motifs is 1. The maximum Gasteiger partial charge on any atom is 0.258 e. The maximum absolute atomic E-state index is 11.8. The summed E-state index contributed by atoms with van der Waals surface area (Å²) in [5.74, 6) is 0.0205. The van der Waals surface area contributed by atoms with Gasteiger partial charge in [-0.3, -0.25) is 9.59 Å². The first-order chi connectivity index (χ1) is 9.65. The first-order valence-electron chi connectivity index (χ1n) is 6.24. The summed E-state index contributed by atoms with van der Waals surface area (Å²) in [6.07, 6.45) is 1.39. The number of benzene rings is 2. The van der Waals surface area contributed by atoms with Crippen LogP contribution in [0.4, 0.5) is 0 Å². The van der Waals surface area contributed by atoms with E-state index in [2.05, 4.69) is 9.97 Å². The molecule has 0 aliphatic rings. The zero-order valence-electron chi connectivity index (χ0n) is 10.9. The molecule has 3 aromatic rings. The van der Waals surface area contributed by atoms with Crippen LogP contribution >= 0.6 is 0 Å². The zero-order valence-corrected chi connectivity index (χ0v) is 10.9. The van der Waals surface area contributed by atoms with Crippen LogP contribution in [0.1, 0.15) is 17.3 Å². The van der Waals surface area contributed by atoms with Gasteiger partial charge >= 0.3 is 0 Å². The lowest BCUT2D eigenvalue weighted by molar-refractivity contribution is 0.101. The number of carbonyl (C=O) groups is 1. The van der Waals surface area contributed by atoms with Gasteiger partial charge in [0.15, 0.2) is 5.78 Å². The molecule has 2 aromatic carbocycles. The summed E-state index contributed by atoms with van der Waals surface area (Å²) in [7, 11) is 0. The fraction of sp³-hybridized carbons (Fsp3) is 0.0625. The highest BCUT2D eigenvalue weighted by Gasteiger charge is 2.05. The van der Waals surface area contributed by atoms with E-state index in [1.54, 1.807) is 18.2 Å². The minimum Gasteiger partial charge on any atom is -0.313 e. The number of Topliss-reactive ketones (excluding diaryl/α,β-unsaturated/α-hetero) is 1. The molecule has 0 fully saturated rings. The normalized spacial score (nSPS) is 10.7. The highest BCUT2D eigenvalue weighted by atomic mass is 16.1. The molecule has 3 rings (SSSR count). The Hall–Kier alpha value is -2.75. The first-order valence-corrected chi connectivity index (χ1v) is 6.24. The van der Waals surface area contributed by atoms with Gasteiger partial charge in [0, 0.05) is 5.56 Å². The van der Waals surface area contributed by atoms with Gasteiger partial charge in [-0.15, -0.1) is 0 Å². The predicted octanol–water partition coefficient (Wildman–Crippen LogP) is 2.79. The van der Waals surface area contributed by atoms with Gasteiger partial charge in [-0.25, -0.2) is 4.98 Å². The summed E-state index contributed by atoms with van der Waals surface area (Å²) in [5, 5.41) is 0.540. The maximum atomic E-state index is 11.8. The second-order valence-electron chi connectivity index (χ2n) is 4.60. The van der Waals surface area contributed by atoms with Crippen LogP contribution in [0.2, 0.25) is 0 Å². The number of aromatic nitrogens is 2. The van der Waals surface area contributed by atoms with Gasteiger partial charge in [-0.05, 0) is 36.2 Å². The highest BCUT2D eigenvalue weighted by Crippen LogP contribution is 2.23. The third-order valence-electron chi connectivity index (χ3n) is 3.24. The molecule has 4 nitrogen and oxygen atoms in total. The van der Waals surface area contributed by atoms with E-state index < -0.39 is 0 Å². The fourth-order valence-corrected chi connectivity index (χ4v) is 2.17. The lowest BCUT2D eigenvalue weighted by atomic mass is 10.0. The van der Waals surface area contributed by atoms with Gasteiger partial charge < -0.3 is 4.98 Å². The highest BCUT2D eigenvalue weighted by molar-refractivity contribution is 5.95. The SMILES string of the molecule is CC(=O)c1cccc(-c2ccc3nc[nH]c(=O)c3c2)c1. The molecule has 0 saturated carbocycles. The van der Waals surface area contributed by atoms with Crippen molar-refractivity contribution in [2.45, 2.75) is 6.92 Å². The van der Waals surface area contributed by atoms with E-state index in [0.717, 1.165) is 11.1 Å². The van der Waals surface area contributed by atoms with Crippen LogP contribution in [-0.4, -0.2) is 15.8 Å². The van der Waals surface area contributed by atoms with Gasteiger partial charge in [-0.2, -0.15) is 0 Å². The Morgan fingerprint density at radius 1 is 1.10 bits per heavy atom. The van der Waals surface area contributed by atoms with E-state index in [1.807, 2.05) is 24.3 Å². The van der Waals surface area contributed by atoms with Crippen molar-refractivity contribution >= 4 is 16.7 Å². The van der Waals surface area contributed by atoms with E-state index >= 15 is 0 Å². The van der Waals surface area contributed by atoms with Crippen molar-refractivity contribution in [2.75, 3.05) is 0 Å². The van der Waals surface area contributed by atoms with Gasteiger partial charge in [-0.1, -0.05) is 24.3 Å². The summed E-state index contributed by atoms with van der Waals surface area (Å²) in [6, 6.07) is 12.9. The van der Waals surface area contributed by atoms with E-state index in [4.69, 9.17) is 0 Å². The molecule has 0 aliphatic carbocycles. The topological polar surface area (TPSA) is 62.8 Å². The molecule has 0 aliphatic heterocycles. The Labute approximate surface area is 115 Å². The molecule has 0 spiro atoms. The van der Waals surface area contributed by atoms with E-state index in [1.165, 1.54) is 13.3 Å². The van der Waals surface area contributed by atoms with Crippen molar-refractivity contribution in [3.63, 3.8) is 0 Å². The number of H-pyrrole nitrogens is 1. The lowest BCUT2D eigenvalue weighted by Crippen LogP contribution is -2.06. The predicted molar refractivity (Wildman–Crippen MR) is 77.8 cm³/mol. The van der Waals surface area contributed by atoms with Gasteiger partial charge in [0.2, 0.25) is 0 Å². The average Bonchev–Trinajstić information content (AvgIpc) is 2.47.